The summed E-state index contributed by atoms with van der Waals surface area (Å²) in [7, 11) is 0. The molecule has 94 valence electrons. The molecule has 0 radical (unpaired) electrons. The number of aliphatic carboxylic acids is 1. The Hall–Kier alpha value is -1.68. The van der Waals surface area contributed by atoms with Crippen molar-refractivity contribution in [3.05, 3.63) is 51.0 Å². The van der Waals surface area contributed by atoms with Gasteiger partial charge < -0.3 is 5.11 Å². The Morgan fingerprint density at radius 2 is 2.17 bits per heavy atom. The molecule has 1 aromatic heterocycles. The predicted molar refractivity (Wildman–Crippen MR) is 72.2 cm³/mol. The molecule has 0 saturated carbocycles. The number of aromatic nitrogens is 1. The highest BCUT2D eigenvalue weighted by Crippen LogP contribution is 2.18. The average Bonchev–Trinajstić information content (AvgIpc) is 2.69. The summed E-state index contributed by atoms with van der Waals surface area (Å²) >= 11 is 1.52. The number of benzene rings is 1. The zero-order valence-electron chi connectivity index (χ0n) is 10.4. The van der Waals surface area contributed by atoms with Crippen LogP contribution in [0.5, 0.6) is 0 Å². The zero-order chi connectivity index (χ0) is 13.1. The van der Waals surface area contributed by atoms with Crippen molar-refractivity contribution in [2.45, 2.75) is 26.7 Å². The minimum atomic E-state index is -0.835. The molecule has 0 atom stereocenters. The number of nitrogens with zero attached hydrogens (tertiary/aromatic N) is 1. The molecular formula is C14H15NO2S. The van der Waals surface area contributed by atoms with Crippen LogP contribution >= 0.6 is 11.3 Å². The highest BCUT2D eigenvalue weighted by molar-refractivity contribution is 7.09. The van der Waals surface area contributed by atoms with E-state index >= 15 is 0 Å². The Morgan fingerprint density at radius 1 is 1.39 bits per heavy atom. The lowest BCUT2D eigenvalue weighted by Gasteiger charge is -2.04. The monoisotopic (exact) mass is 261 g/mol. The molecule has 2 aromatic rings. The first-order valence-electron chi connectivity index (χ1n) is 5.76. The first kappa shape index (κ1) is 12.8. The SMILES string of the molecule is Cc1ccc(Cc2nc(CC(=O)O)cs2)c(C)c1. The van der Waals surface area contributed by atoms with Crippen LogP contribution in [0.25, 0.3) is 0 Å². The van der Waals surface area contributed by atoms with Gasteiger partial charge in [-0.2, -0.15) is 0 Å². The first-order chi connectivity index (χ1) is 8.54. The van der Waals surface area contributed by atoms with E-state index in [1.54, 1.807) is 0 Å². The van der Waals surface area contributed by atoms with Gasteiger partial charge in [0.2, 0.25) is 0 Å². The number of thiazole rings is 1. The third kappa shape index (κ3) is 3.17. The molecule has 0 fully saturated rings. The van der Waals surface area contributed by atoms with Crippen LogP contribution in [0.1, 0.15) is 27.4 Å². The molecule has 1 heterocycles. The van der Waals surface area contributed by atoms with Crippen molar-refractivity contribution < 1.29 is 9.90 Å². The smallest absolute Gasteiger partial charge is 0.309 e. The Labute approximate surface area is 110 Å². The number of carbonyl (C=O) groups is 1. The second-order valence-corrected chi connectivity index (χ2v) is 5.35. The summed E-state index contributed by atoms with van der Waals surface area (Å²) in [5.41, 5.74) is 4.40. The van der Waals surface area contributed by atoms with Crippen LogP contribution in [-0.2, 0) is 17.6 Å². The third-order valence-electron chi connectivity index (χ3n) is 2.77. The van der Waals surface area contributed by atoms with Gasteiger partial charge in [0.05, 0.1) is 17.1 Å². The van der Waals surface area contributed by atoms with Gasteiger partial charge in [-0.15, -0.1) is 11.3 Å². The van der Waals surface area contributed by atoms with Gasteiger partial charge in [0.25, 0.3) is 0 Å². The van der Waals surface area contributed by atoms with Crippen molar-refractivity contribution in [3.8, 4) is 0 Å². The molecule has 0 unspecified atom stereocenters. The summed E-state index contributed by atoms with van der Waals surface area (Å²) in [6.45, 7) is 4.17. The van der Waals surface area contributed by atoms with E-state index < -0.39 is 5.97 Å². The Bertz CT molecular complexity index is 575. The van der Waals surface area contributed by atoms with Gasteiger partial charge in [-0.3, -0.25) is 4.79 Å². The topological polar surface area (TPSA) is 50.2 Å². The summed E-state index contributed by atoms with van der Waals surface area (Å²) in [4.78, 5) is 14.9. The van der Waals surface area contributed by atoms with E-state index in [1.807, 2.05) is 5.38 Å². The van der Waals surface area contributed by atoms with Gasteiger partial charge in [-0.25, -0.2) is 4.98 Å². The van der Waals surface area contributed by atoms with E-state index in [9.17, 15) is 4.79 Å². The summed E-state index contributed by atoms with van der Waals surface area (Å²) in [6.07, 6.45) is 0.778. The molecule has 0 spiro atoms. The fourth-order valence-electron chi connectivity index (χ4n) is 1.87. The molecule has 1 aromatic carbocycles. The normalized spacial score (nSPS) is 10.6. The lowest BCUT2D eigenvalue weighted by Crippen LogP contribution is -2.00. The fourth-order valence-corrected chi connectivity index (χ4v) is 2.69. The molecule has 0 aliphatic rings. The summed E-state index contributed by atoms with van der Waals surface area (Å²) in [5, 5.41) is 11.5. The van der Waals surface area contributed by atoms with E-state index in [0.29, 0.717) is 5.69 Å². The minimum absolute atomic E-state index is 0.00335. The highest BCUT2D eigenvalue weighted by atomic mass is 32.1. The van der Waals surface area contributed by atoms with Gasteiger partial charge in [-0.05, 0) is 25.0 Å². The molecule has 0 saturated heterocycles. The predicted octanol–water partition coefficient (Wildman–Crippen LogP) is 2.98. The third-order valence-corrected chi connectivity index (χ3v) is 3.67. The van der Waals surface area contributed by atoms with Crippen molar-refractivity contribution in [1.29, 1.82) is 0 Å². The number of rotatable bonds is 4. The lowest BCUT2D eigenvalue weighted by molar-refractivity contribution is -0.136. The molecule has 4 heteroatoms. The van der Waals surface area contributed by atoms with Crippen LogP contribution in [0.15, 0.2) is 23.6 Å². The van der Waals surface area contributed by atoms with Gasteiger partial charge in [0.1, 0.15) is 0 Å². The van der Waals surface area contributed by atoms with Gasteiger partial charge in [-0.1, -0.05) is 23.8 Å². The number of carboxylic acid groups (broad SMARTS) is 1. The second kappa shape index (κ2) is 5.31. The van der Waals surface area contributed by atoms with Gasteiger partial charge in [0, 0.05) is 11.8 Å². The van der Waals surface area contributed by atoms with Crippen molar-refractivity contribution in [1.82, 2.24) is 4.98 Å². The summed E-state index contributed by atoms with van der Waals surface area (Å²) in [6, 6.07) is 6.36. The maximum atomic E-state index is 10.6. The van der Waals surface area contributed by atoms with Crippen LogP contribution in [-0.4, -0.2) is 16.1 Å². The second-order valence-electron chi connectivity index (χ2n) is 4.41. The largest absolute Gasteiger partial charge is 0.481 e. The van der Waals surface area contributed by atoms with Crippen LogP contribution in [0.2, 0.25) is 0 Å². The van der Waals surface area contributed by atoms with Crippen molar-refractivity contribution in [2.24, 2.45) is 0 Å². The van der Waals surface area contributed by atoms with Crippen molar-refractivity contribution >= 4 is 17.3 Å². The quantitative estimate of drug-likeness (QED) is 0.920. The molecule has 0 amide bonds. The van der Waals surface area contributed by atoms with E-state index in [-0.39, 0.29) is 6.42 Å². The molecule has 0 aliphatic carbocycles. The van der Waals surface area contributed by atoms with Crippen molar-refractivity contribution in [2.75, 3.05) is 0 Å². The number of hydrogen-bond acceptors (Lipinski definition) is 3. The van der Waals surface area contributed by atoms with Gasteiger partial charge in [0.15, 0.2) is 0 Å². The van der Waals surface area contributed by atoms with E-state index in [4.69, 9.17) is 5.11 Å². The van der Waals surface area contributed by atoms with Crippen LogP contribution in [0.4, 0.5) is 0 Å². The Kier molecular flexibility index (Phi) is 3.77. The minimum Gasteiger partial charge on any atom is -0.481 e. The summed E-state index contributed by atoms with van der Waals surface area (Å²) in [5.74, 6) is -0.835. The number of carboxylic acids is 1. The summed E-state index contributed by atoms with van der Waals surface area (Å²) < 4.78 is 0. The average molecular weight is 261 g/mol. The van der Waals surface area contributed by atoms with Gasteiger partial charge >= 0.3 is 5.97 Å². The molecule has 2 rings (SSSR count). The maximum absolute atomic E-state index is 10.6. The number of aryl methyl sites for hydroxylation is 2. The van der Waals surface area contributed by atoms with E-state index in [2.05, 4.69) is 37.0 Å². The lowest BCUT2D eigenvalue weighted by atomic mass is 10.0. The standard InChI is InChI=1S/C14H15NO2S/c1-9-3-4-11(10(2)5-9)6-13-15-12(8-18-13)7-14(16)17/h3-5,8H,6-7H2,1-2H3,(H,16,17). The Balaban J connectivity index is 2.13. The van der Waals surface area contributed by atoms with E-state index in [1.165, 1.54) is 28.0 Å². The maximum Gasteiger partial charge on any atom is 0.309 e. The van der Waals surface area contributed by atoms with Crippen LogP contribution in [0.3, 0.4) is 0 Å². The molecule has 18 heavy (non-hydrogen) atoms. The number of hydrogen-bond donors (Lipinski definition) is 1. The molecule has 0 bridgehead atoms. The van der Waals surface area contributed by atoms with Crippen molar-refractivity contribution in [3.63, 3.8) is 0 Å². The molecule has 0 aliphatic heterocycles. The van der Waals surface area contributed by atoms with Crippen LogP contribution < -0.4 is 0 Å². The first-order valence-corrected chi connectivity index (χ1v) is 6.64. The zero-order valence-corrected chi connectivity index (χ0v) is 11.3. The highest BCUT2D eigenvalue weighted by Gasteiger charge is 2.08. The fraction of sp³-hybridized carbons (Fsp3) is 0.286. The molecule has 1 N–H and O–H groups in total. The Morgan fingerprint density at radius 3 is 2.83 bits per heavy atom. The van der Waals surface area contributed by atoms with E-state index in [0.717, 1.165) is 11.4 Å². The van der Waals surface area contributed by atoms with Crippen LogP contribution in [0, 0.1) is 13.8 Å². The molecular weight excluding hydrogens is 246 g/mol. The molecule has 3 nitrogen and oxygen atoms in total.